The average Bonchev–Trinajstić information content (AvgIpc) is 2.85. The first-order valence-corrected chi connectivity index (χ1v) is 10.3. The predicted molar refractivity (Wildman–Crippen MR) is 92.9 cm³/mol. The lowest BCUT2D eigenvalue weighted by Crippen LogP contribution is -2.53. The van der Waals surface area contributed by atoms with Gasteiger partial charge in [0, 0.05) is 6.61 Å². The summed E-state index contributed by atoms with van der Waals surface area (Å²) in [4.78, 5) is 0. The highest BCUT2D eigenvalue weighted by molar-refractivity contribution is 5.09. The van der Waals surface area contributed by atoms with Crippen molar-refractivity contribution < 1.29 is 10.2 Å². The van der Waals surface area contributed by atoms with Crippen molar-refractivity contribution in [2.24, 2.45) is 40.4 Å². The maximum absolute atomic E-state index is 10.1. The summed E-state index contributed by atoms with van der Waals surface area (Å²) < 4.78 is 0. The monoisotopic (exact) mass is 320 g/mol. The number of aliphatic hydroxyl groups excluding tert-OH is 2. The topological polar surface area (TPSA) is 40.5 Å². The van der Waals surface area contributed by atoms with Crippen molar-refractivity contribution in [3.63, 3.8) is 0 Å². The Morgan fingerprint density at radius 3 is 2.39 bits per heavy atom. The molecule has 0 aliphatic heterocycles. The minimum atomic E-state index is -0.0288. The standard InChI is InChI=1S/C21H36O2/c1-20-11-8-19-17(18(20)6-4-14(20)9-12-22)5-3-15-13-16(23)7-10-21(15,19)2/h14-19,22-23H,3-13H2,1-2H3/t14-,15+,16?,17+,18+,19+,20-,21+/m1/s1. The molecule has 4 aliphatic carbocycles. The number of hydrogen-bond acceptors (Lipinski definition) is 2. The Bertz CT molecular complexity index is 449. The van der Waals surface area contributed by atoms with Crippen molar-refractivity contribution in [3.8, 4) is 0 Å². The van der Waals surface area contributed by atoms with Gasteiger partial charge >= 0.3 is 0 Å². The van der Waals surface area contributed by atoms with Gasteiger partial charge in [-0.25, -0.2) is 0 Å². The zero-order valence-corrected chi connectivity index (χ0v) is 15.1. The van der Waals surface area contributed by atoms with E-state index in [0.717, 1.165) is 48.9 Å². The van der Waals surface area contributed by atoms with E-state index >= 15 is 0 Å². The minimum absolute atomic E-state index is 0.0288. The highest BCUT2D eigenvalue weighted by Crippen LogP contribution is 2.67. The predicted octanol–water partition coefficient (Wildman–Crippen LogP) is 4.39. The van der Waals surface area contributed by atoms with Crippen molar-refractivity contribution in [2.45, 2.75) is 84.2 Å². The Morgan fingerprint density at radius 1 is 0.870 bits per heavy atom. The highest BCUT2D eigenvalue weighted by atomic mass is 16.3. The molecule has 2 heteroatoms. The SMILES string of the molecule is C[C@]12CCC(O)C[C@@H]1CC[C@@H]1[C@@H]2CC[C@]2(C)[C@@H](CCO)CC[C@@H]12. The first-order valence-electron chi connectivity index (χ1n) is 10.3. The quantitative estimate of drug-likeness (QED) is 0.792. The second-order valence-electron chi connectivity index (χ2n) is 9.92. The van der Waals surface area contributed by atoms with Crippen LogP contribution in [0.4, 0.5) is 0 Å². The van der Waals surface area contributed by atoms with E-state index in [9.17, 15) is 10.2 Å². The van der Waals surface area contributed by atoms with Crippen LogP contribution in [0.15, 0.2) is 0 Å². The van der Waals surface area contributed by atoms with Crippen molar-refractivity contribution in [2.75, 3.05) is 6.61 Å². The molecule has 0 radical (unpaired) electrons. The van der Waals surface area contributed by atoms with E-state index in [-0.39, 0.29) is 6.10 Å². The third kappa shape index (κ3) is 2.34. The Labute approximate surface area is 142 Å². The van der Waals surface area contributed by atoms with Gasteiger partial charge in [-0.2, -0.15) is 0 Å². The van der Waals surface area contributed by atoms with E-state index in [2.05, 4.69) is 13.8 Å². The molecule has 132 valence electrons. The van der Waals surface area contributed by atoms with Gasteiger partial charge < -0.3 is 10.2 Å². The largest absolute Gasteiger partial charge is 0.396 e. The van der Waals surface area contributed by atoms with Crippen molar-refractivity contribution >= 4 is 0 Å². The van der Waals surface area contributed by atoms with E-state index in [4.69, 9.17) is 0 Å². The lowest BCUT2D eigenvalue weighted by molar-refractivity contribution is -0.127. The van der Waals surface area contributed by atoms with Crippen LogP contribution in [0.3, 0.4) is 0 Å². The molecule has 4 saturated carbocycles. The van der Waals surface area contributed by atoms with Crippen LogP contribution >= 0.6 is 0 Å². The van der Waals surface area contributed by atoms with Gasteiger partial charge in [0.25, 0.3) is 0 Å². The van der Waals surface area contributed by atoms with Gasteiger partial charge in [-0.1, -0.05) is 13.8 Å². The number of fused-ring (bicyclic) bond motifs is 5. The van der Waals surface area contributed by atoms with Gasteiger partial charge in [0.05, 0.1) is 6.10 Å². The van der Waals surface area contributed by atoms with E-state index in [1.165, 1.54) is 44.9 Å². The summed E-state index contributed by atoms with van der Waals surface area (Å²) in [5.74, 6) is 4.26. The molecule has 0 heterocycles. The molecular formula is C21H36O2. The smallest absolute Gasteiger partial charge is 0.0543 e. The summed E-state index contributed by atoms with van der Waals surface area (Å²) in [7, 11) is 0. The minimum Gasteiger partial charge on any atom is -0.396 e. The maximum atomic E-state index is 10.1. The molecule has 2 N–H and O–H groups in total. The number of aliphatic hydroxyl groups is 2. The zero-order valence-electron chi connectivity index (χ0n) is 15.1. The summed E-state index contributed by atoms with van der Waals surface area (Å²) in [5, 5.41) is 19.6. The second-order valence-corrected chi connectivity index (χ2v) is 9.92. The molecule has 4 aliphatic rings. The molecule has 0 amide bonds. The van der Waals surface area contributed by atoms with Crippen molar-refractivity contribution in [3.05, 3.63) is 0 Å². The molecule has 0 spiro atoms. The third-order valence-corrected chi connectivity index (χ3v) is 9.31. The lowest BCUT2D eigenvalue weighted by atomic mass is 9.44. The first kappa shape index (κ1) is 16.4. The van der Waals surface area contributed by atoms with E-state index in [0.29, 0.717) is 17.4 Å². The fourth-order valence-electron chi connectivity index (χ4n) is 7.97. The fraction of sp³-hybridized carbons (Fsp3) is 1.00. The zero-order chi connectivity index (χ0) is 16.2. The van der Waals surface area contributed by atoms with Gasteiger partial charge in [0.2, 0.25) is 0 Å². The van der Waals surface area contributed by atoms with Crippen LogP contribution < -0.4 is 0 Å². The van der Waals surface area contributed by atoms with Crippen LogP contribution in [0, 0.1) is 40.4 Å². The van der Waals surface area contributed by atoms with E-state index < -0.39 is 0 Å². The molecule has 0 aromatic heterocycles. The summed E-state index contributed by atoms with van der Waals surface area (Å²) in [6.45, 7) is 5.50. The summed E-state index contributed by atoms with van der Waals surface area (Å²) in [5.41, 5.74) is 1.000. The Balaban J connectivity index is 1.58. The third-order valence-electron chi connectivity index (χ3n) is 9.31. The van der Waals surface area contributed by atoms with Gasteiger partial charge in [-0.3, -0.25) is 0 Å². The molecule has 0 aromatic carbocycles. The molecule has 0 aromatic rings. The first-order chi connectivity index (χ1) is 11.0. The molecule has 2 nitrogen and oxygen atoms in total. The van der Waals surface area contributed by atoms with Crippen molar-refractivity contribution in [1.82, 2.24) is 0 Å². The van der Waals surface area contributed by atoms with Crippen LogP contribution in [0.2, 0.25) is 0 Å². The molecular weight excluding hydrogens is 284 g/mol. The molecule has 4 fully saturated rings. The van der Waals surface area contributed by atoms with Crippen LogP contribution in [-0.4, -0.2) is 22.9 Å². The Morgan fingerprint density at radius 2 is 1.61 bits per heavy atom. The van der Waals surface area contributed by atoms with Crippen molar-refractivity contribution in [1.29, 1.82) is 0 Å². The summed E-state index contributed by atoms with van der Waals surface area (Å²) in [6.07, 6.45) is 12.7. The lowest BCUT2D eigenvalue weighted by Gasteiger charge is -2.61. The number of hydrogen-bond donors (Lipinski definition) is 2. The highest BCUT2D eigenvalue weighted by Gasteiger charge is 2.59. The molecule has 0 bridgehead atoms. The Kier molecular flexibility index (Phi) is 4.08. The maximum Gasteiger partial charge on any atom is 0.0543 e. The summed E-state index contributed by atoms with van der Waals surface area (Å²) >= 11 is 0. The van der Waals surface area contributed by atoms with Crippen LogP contribution in [0.5, 0.6) is 0 Å². The van der Waals surface area contributed by atoms with Gasteiger partial charge in [-0.15, -0.1) is 0 Å². The van der Waals surface area contributed by atoms with Crippen LogP contribution in [0.1, 0.15) is 78.1 Å². The summed E-state index contributed by atoms with van der Waals surface area (Å²) in [6, 6.07) is 0. The molecule has 0 saturated heterocycles. The average molecular weight is 321 g/mol. The van der Waals surface area contributed by atoms with Gasteiger partial charge in [0.15, 0.2) is 0 Å². The normalized spacial score (nSPS) is 55.8. The molecule has 23 heavy (non-hydrogen) atoms. The number of rotatable bonds is 2. The van der Waals surface area contributed by atoms with E-state index in [1.807, 2.05) is 0 Å². The van der Waals surface area contributed by atoms with Crippen LogP contribution in [0.25, 0.3) is 0 Å². The molecule has 4 rings (SSSR count). The Hall–Kier alpha value is -0.0800. The van der Waals surface area contributed by atoms with E-state index in [1.54, 1.807) is 0 Å². The van der Waals surface area contributed by atoms with Crippen LogP contribution in [-0.2, 0) is 0 Å². The van der Waals surface area contributed by atoms with Gasteiger partial charge in [-0.05, 0) is 105 Å². The molecule has 8 atom stereocenters. The fourth-order valence-corrected chi connectivity index (χ4v) is 7.97. The van der Waals surface area contributed by atoms with Gasteiger partial charge in [0.1, 0.15) is 0 Å². The second kappa shape index (κ2) is 5.73. The molecule has 1 unspecified atom stereocenters.